The monoisotopic (exact) mass is 371 g/mol. The van der Waals surface area contributed by atoms with E-state index in [4.69, 9.17) is 24.5 Å². The van der Waals surface area contributed by atoms with Crippen LogP contribution in [0.1, 0.15) is 59.3 Å². The maximum absolute atomic E-state index is 11.5. The van der Waals surface area contributed by atoms with Crippen LogP contribution in [0.3, 0.4) is 0 Å². The number of unbranched alkanes of at least 4 members (excludes halogenated alkanes) is 2. The lowest BCUT2D eigenvalue weighted by Crippen LogP contribution is -2.49. The van der Waals surface area contributed by atoms with Crippen molar-refractivity contribution in [3.05, 3.63) is 10.4 Å². The maximum atomic E-state index is 11.5. The quantitative estimate of drug-likeness (QED) is 0.152. The van der Waals surface area contributed by atoms with Crippen LogP contribution in [-0.4, -0.2) is 56.8 Å². The molecule has 150 valence electrons. The van der Waals surface area contributed by atoms with Gasteiger partial charge in [0.25, 0.3) is 0 Å². The third-order valence-corrected chi connectivity index (χ3v) is 4.41. The second-order valence-electron chi connectivity index (χ2n) is 6.63. The standard InChI is InChI=1S/C18H33N3O5/c1-4-6-11-23-14-18(9-8-10-20-21-19)17(24-12-7-5-2)16(13-25-18)26-15(3)22/h16-17H,4-14H2,1-3H3/t16-,17-,18+/m0/s1. The average Bonchev–Trinajstić information content (AvgIpc) is 2.94. The Labute approximate surface area is 156 Å². The molecule has 0 saturated carbocycles. The largest absolute Gasteiger partial charge is 0.457 e. The number of rotatable bonds is 14. The van der Waals surface area contributed by atoms with Gasteiger partial charge in [-0.15, -0.1) is 0 Å². The predicted molar refractivity (Wildman–Crippen MR) is 97.9 cm³/mol. The predicted octanol–water partition coefficient (Wildman–Crippen LogP) is 3.78. The molecule has 0 aliphatic carbocycles. The Hall–Kier alpha value is -1.34. The van der Waals surface area contributed by atoms with Crippen LogP contribution in [0.2, 0.25) is 0 Å². The van der Waals surface area contributed by atoms with Crippen LogP contribution in [0.15, 0.2) is 5.11 Å². The molecule has 0 aromatic rings. The number of hydrogen-bond donors (Lipinski definition) is 0. The molecule has 1 heterocycles. The summed E-state index contributed by atoms with van der Waals surface area (Å²) in [6, 6.07) is 0. The first-order valence-electron chi connectivity index (χ1n) is 9.61. The number of hydrogen-bond acceptors (Lipinski definition) is 6. The highest BCUT2D eigenvalue weighted by molar-refractivity contribution is 5.66. The topological polar surface area (TPSA) is 103 Å². The molecule has 0 radical (unpaired) electrons. The van der Waals surface area contributed by atoms with E-state index >= 15 is 0 Å². The van der Waals surface area contributed by atoms with Crippen LogP contribution in [0.25, 0.3) is 10.4 Å². The van der Waals surface area contributed by atoms with Crippen molar-refractivity contribution in [2.75, 3.05) is 33.0 Å². The molecular weight excluding hydrogens is 338 g/mol. The zero-order valence-electron chi connectivity index (χ0n) is 16.3. The van der Waals surface area contributed by atoms with E-state index in [0.29, 0.717) is 39.2 Å². The van der Waals surface area contributed by atoms with Crippen molar-refractivity contribution in [2.24, 2.45) is 5.11 Å². The summed E-state index contributed by atoms with van der Waals surface area (Å²) in [5, 5.41) is 3.60. The molecule has 3 atom stereocenters. The highest BCUT2D eigenvalue weighted by atomic mass is 16.6. The van der Waals surface area contributed by atoms with E-state index in [2.05, 4.69) is 23.9 Å². The average molecular weight is 371 g/mol. The minimum absolute atomic E-state index is 0.287. The van der Waals surface area contributed by atoms with Gasteiger partial charge in [-0.05, 0) is 31.2 Å². The maximum Gasteiger partial charge on any atom is 0.303 e. The summed E-state index contributed by atoms with van der Waals surface area (Å²) in [6.07, 6.45) is 4.41. The third-order valence-electron chi connectivity index (χ3n) is 4.41. The van der Waals surface area contributed by atoms with Crippen LogP contribution in [0.5, 0.6) is 0 Å². The SMILES string of the molecule is CCCCOC[C@@]1(CCCN=[N+]=[N-])OC[C@H](OC(C)=O)[C@@H]1OCCCC. The van der Waals surface area contributed by atoms with Crippen LogP contribution >= 0.6 is 0 Å². The van der Waals surface area contributed by atoms with E-state index in [1.165, 1.54) is 6.92 Å². The van der Waals surface area contributed by atoms with E-state index in [0.717, 1.165) is 25.7 Å². The summed E-state index contributed by atoms with van der Waals surface area (Å²) in [7, 11) is 0. The van der Waals surface area contributed by atoms with Gasteiger partial charge in [-0.2, -0.15) is 0 Å². The van der Waals surface area contributed by atoms with E-state index < -0.39 is 11.7 Å². The van der Waals surface area contributed by atoms with Crippen LogP contribution < -0.4 is 0 Å². The Bertz CT molecular complexity index is 456. The number of esters is 1. The molecular formula is C18H33N3O5. The summed E-state index contributed by atoms with van der Waals surface area (Å²) >= 11 is 0. The Morgan fingerprint density at radius 1 is 1.27 bits per heavy atom. The minimum atomic E-state index is -0.688. The van der Waals surface area contributed by atoms with Crippen molar-refractivity contribution in [3.63, 3.8) is 0 Å². The first kappa shape index (κ1) is 22.7. The molecule has 0 amide bonds. The summed E-state index contributed by atoms with van der Waals surface area (Å²) in [6.45, 7) is 7.87. The Morgan fingerprint density at radius 2 is 2.00 bits per heavy atom. The van der Waals surface area contributed by atoms with Gasteiger partial charge in [0.1, 0.15) is 11.7 Å². The van der Waals surface area contributed by atoms with Gasteiger partial charge in [-0.1, -0.05) is 31.8 Å². The first-order chi connectivity index (χ1) is 12.6. The van der Waals surface area contributed by atoms with Gasteiger partial charge >= 0.3 is 5.97 Å². The lowest BCUT2D eigenvalue weighted by atomic mass is 9.90. The fourth-order valence-electron chi connectivity index (χ4n) is 3.07. The van der Waals surface area contributed by atoms with Crippen molar-refractivity contribution in [1.82, 2.24) is 0 Å². The number of carbonyl (C=O) groups excluding carboxylic acids is 1. The lowest BCUT2D eigenvalue weighted by molar-refractivity contribution is -0.159. The number of carbonyl (C=O) groups is 1. The Balaban J connectivity index is 2.86. The molecule has 0 bridgehead atoms. The summed E-state index contributed by atoms with van der Waals surface area (Å²) < 4.78 is 23.5. The molecule has 0 aromatic carbocycles. The smallest absolute Gasteiger partial charge is 0.303 e. The highest BCUT2D eigenvalue weighted by Gasteiger charge is 2.52. The molecule has 0 unspecified atom stereocenters. The molecule has 0 N–H and O–H groups in total. The highest BCUT2D eigenvalue weighted by Crippen LogP contribution is 2.36. The Morgan fingerprint density at radius 3 is 2.65 bits per heavy atom. The van der Waals surface area contributed by atoms with Crippen molar-refractivity contribution < 1.29 is 23.7 Å². The lowest BCUT2D eigenvalue weighted by Gasteiger charge is -2.35. The molecule has 1 fully saturated rings. The fraction of sp³-hybridized carbons (Fsp3) is 0.944. The van der Waals surface area contributed by atoms with Crippen molar-refractivity contribution >= 4 is 5.97 Å². The van der Waals surface area contributed by atoms with E-state index in [-0.39, 0.29) is 18.7 Å². The van der Waals surface area contributed by atoms with Gasteiger partial charge < -0.3 is 18.9 Å². The van der Waals surface area contributed by atoms with E-state index in [1.807, 2.05) is 0 Å². The molecule has 1 aliphatic rings. The van der Waals surface area contributed by atoms with Gasteiger partial charge in [0.2, 0.25) is 0 Å². The first-order valence-corrected chi connectivity index (χ1v) is 9.61. The summed E-state index contributed by atoms with van der Waals surface area (Å²) in [5.41, 5.74) is 7.79. The zero-order valence-corrected chi connectivity index (χ0v) is 16.3. The number of ether oxygens (including phenoxy) is 4. The summed E-state index contributed by atoms with van der Waals surface area (Å²) in [5.74, 6) is -0.348. The normalized spacial score (nSPS) is 25.0. The van der Waals surface area contributed by atoms with Crippen molar-refractivity contribution in [1.29, 1.82) is 0 Å². The Kier molecular flexibility index (Phi) is 11.3. The molecule has 0 aromatic heterocycles. The minimum Gasteiger partial charge on any atom is -0.457 e. The second-order valence-corrected chi connectivity index (χ2v) is 6.63. The molecule has 0 spiro atoms. The van der Waals surface area contributed by atoms with E-state index in [1.54, 1.807) is 0 Å². The van der Waals surface area contributed by atoms with Crippen molar-refractivity contribution in [2.45, 2.75) is 77.1 Å². The van der Waals surface area contributed by atoms with Crippen LogP contribution in [0, 0.1) is 0 Å². The fourth-order valence-corrected chi connectivity index (χ4v) is 3.07. The molecule has 26 heavy (non-hydrogen) atoms. The molecule has 8 nitrogen and oxygen atoms in total. The van der Waals surface area contributed by atoms with E-state index in [9.17, 15) is 4.79 Å². The molecule has 1 aliphatic heterocycles. The van der Waals surface area contributed by atoms with Crippen LogP contribution in [0.4, 0.5) is 0 Å². The second kappa shape index (κ2) is 12.9. The zero-order chi connectivity index (χ0) is 19.3. The van der Waals surface area contributed by atoms with Crippen molar-refractivity contribution in [3.8, 4) is 0 Å². The molecule has 1 saturated heterocycles. The third kappa shape index (κ3) is 7.50. The van der Waals surface area contributed by atoms with Gasteiger partial charge in [0, 0.05) is 31.6 Å². The van der Waals surface area contributed by atoms with Gasteiger partial charge in [-0.3, -0.25) is 4.79 Å². The number of azide groups is 1. The van der Waals surface area contributed by atoms with Gasteiger partial charge in [0.05, 0.1) is 13.2 Å². The van der Waals surface area contributed by atoms with Gasteiger partial charge in [-0.25, -0.2) is 0 Å². The van der Waals surface area contributed by atoms with Gasteiger partial charge in [0.15, 0.2) is 6.10 Å². The molecule has 8 heteroatoms. The summed E-state index contributed by atoms with van der Waals surface area (Å²) in [4.78, 5) is 14.3. The van der Waals surface area contributed by atoms with Crippen LogP contribution in [-0.2, 0) is 23.7 Å². The molecule has 1 rings (SSSR count). The number of nitrogens with zero attached hydrogens (tertiary/aromatic N) is 3.